The smallest absolute Gasteiger partial charge is 0.224 e. The van der Waals surface area contributed by atoms with Gasteiger partial charge in [-0.2, -0.15) is 5.10 Å². The van der Waals surface area contributed by atoms with E-state index in [1.807, 2.05) is 48.7 Å². The van der Waals surface area contributed by atoms with E-state index in [0.29, 0.717) is 12.8 Å². The van der Waals surface area contributed by atoms with E-state index in [1.165, 1.54) is 0 Å². The Morgan fingerprint density at radius 1 is 1.19 bits per heavy atom. The number of carbonyl (C=O) groups is 1. The van der Waals surface area contributed by atoms with Crippen LogP contribution in [0.15, 0.2) is 65.5 Å². The lowest BCUT2D eigenvalue weighted by Crippen LogP contribution is -2.12. The Bertz CT molecular complexity index is 686. The summed E-state index contributed by atoms with van der Waals surface area (Å²) >= 11 is 0. The number of benzene rings is 1. The van der Waals surface area contributed by atoms with Gasteiger partial charge >= 0.3 is 0 Å². The van der Waals surface area contributed by atoms with Crippen molar-refractivity contribution < 1.29 is 9.21 Å². The Balaban J connectivity index is 1.56. The van der Waals surface area contributed by atoms with E-state index in [4.69, 9.17) is 4.42 Å². The maximum absolute atomic E-state index is 11.9. The fourth-order valence-electron chi connectivity index (χ4n) is 2.03. The Hall–Kier alpha value is -2.82. The number of hydrogen-bond acceptors (Lipinski definition) is 3. The summed E-state index contributed by atoms with van der Waals surface area (Å²) in [4.78, 5) is 11.9. The summed E-state index contributed by atoms with van der Waals surface area (Å²) < 4.78 is 6.97. The molecule has 0 bridgehead atoms. The van der Waals surface area contributed by atoms with Crippen LogP contribution < -0.4 is 5.32 Å². The number of amides is 1. The van der Waals surface area contributed by atoms with Crippen LogP contribution in [-0.2, 0) is 11.2 Å². The van der Waals surface area contributed by atoms with Gasteiger partial charge in [0.2, 0.25) is 5.91 Å². The van der Waals surface area contributed by atoms with Gasteiger partial charge in [0.25, 0.3) is 0 Å². The second kappa shape index (κ2) is 6.09. The number of furan rings is 1. The molecule has 0 radical (unpaired) electrons. The van der Waals surface area contributed by atoms with E-state index in [1.54, 1.807) is 17.1 Å². The Kier molecular flexibility index (Phi) is 3.82. The number of nitrogens with one attached hydrogen (secondary N) is 1. The summed E-state index contributed by atoms with van der Waals surface area (Å²) in [7, 11) is 0. The quantitative estimate of drug-likeness (QED) is 0.782. The summed E-state index contributed by atoms with van der Waals surface area (Å²) in [6.07, 6.45) is 6.21. The molecule has 0 aliphatic carbocycles. The molecule has 0 atom stereocenters. The number of aryl methyl sites for hydroxylation is 1. The van der Waals surface area contributed by atoms with E-state index in [2.05, 4.69) is 10.4 Å². The third-order valence-electron chi connectivity index (χ3n) is 3.10. The van der Waals surface area contributed by atoms with Gasteiger partial charge in [0.1, 0.15) is 5.76 Å². The average Bonchev–Trinajstić information content (AvgIpc) is 3.19. The molecule has 106 valence electrons. The molecular weight excluding hydrogens is 266 g/mol. The molecule has 5 nitrogen and oxygen atoms in total. The first kappa shape index (κ1) is 13.2. The van der Waals surface area contributed by atoms with E-state index in [-0.39, 0.29) is 5.91 Å². The van der Waals surface area contributed by atoms with Crippen LogP contribution in [0.4, 0.5) is 5.69 Å². The minimum absolute atomic E-state index is 0.0294. The highest BCUT2D eigenvalue weighted by Gasteiger charge is 2.05. The molecule has 0 saturated heterocycles. The predicted molar refractivity (Wildman–Crippen MR) is 79.2 cm³/mol. The minimum atomic E-state index is -0.0294. The van der Waals surface area contributed by atoms with Crippen LogP contribution in [0.25, 0.3) is 5.69 Å². The summed E-state index contributed by atoms with van der Waals surface area (Å²) in [6.45, 7) is 0. The van der Waals surface area contributed by atoms with Gasteiger partial charge in [-0.15, -0.1) is 0 Å². The first-order valence-electron chi connectivity index (χ1n) is 6.73. The van der Waals surface area contributed by atoms with Crippen molar-refractivity contribution in [2.24, 2.45) is 0 Å². The van der Waals surface area contributed by atoms with E-state index in [9.17, 15) is 4.79 Å². The Morgan fingerprint density at radius 3 is 2.71 bits per heavy atom. The fraction of sp³-hybridized carbons (Fsp3) is 0.125. The predicted octanol–water partition coefficient (Wildman–Crippen LogP) is 3.04. The molecule has 3 rings (SSSR count). The highest BCUT2D eigenvalue weighted by atomic mass is 16.3. The molecular formula is C16H15N3O2. The van der Waals surface area contributed by atoms with Crippen molar-refractivity contribution in [2.45, 2.75) is 12.8 Å². The van der Waals surface area contributed by atoms with Gasteiger partial charge in [-0.25, -0.2) is 4.68 Å². The molecule has 1 aromatic carbocycles. The van der Waals surface area contributed by atoms with Gasteiger partial charge in [-0.1, -0.05) is 0 Å². The van der Waals surface area contributed by atoms with Crippen molar-refractivity contribution in [2.75, 3.05) is 5.32 Å². The van der Waals surface area contributed by atoms with Crippen molar-refractivity contribution in [1.82, 2.24) is 9.78 Å². The van der Waals surface area contributed by atoms with Crippen LogP contribution in [0.1, 0.15) is 12.2 Å². The summed E-state index contributed by atoms with van der Waals surface area (Å²) in [6, 6.07) is 13.1. The van der Waals surface area contributed by atoms with Crippen LogP contribution in [0.2, 0.25) is 0 Å². The van der Waals surface area contributed by atoms with E-state index < -0.39 is 0 Å². The lowest BCUT2D eigenvalue weighted by molar-refractivity contribution is -0.116. The zero-order chi connectivity index (χ0) is 14.5. The zero-order valence-electron chi connectivity index (χ0n) is 11.4. The molecule has 2 heterocycles. The maximum Gasteiger partial charge on any atom is 0.224 e. The third kappa shape index (κ3) is 3.39. The first-order valence-corrected chi connectivity index (χ1v) is 6.73. The summed E-state index contributed by atoms with van der Waals surface area (Å²) in [5, 5.41) is 7.02. The number of anilines is 1. The van der Waals surface area contributed by atoms with Gasteiger partial charge < -0.3 is 9.73 Å². The highest BCUT2D eigenvalue weighted by Crippen LogP contribution is 2.13. The second-order valence-corrected chi connectivity index (χ2v) is 4.63. The molecule has 0 aliphatic rings. The molecule has 1 N–H and O–H groups in total. The average molecular weight is 281 g/mol. The standard InChI is InChI=1S/C16H15N3O2/c20-16(9-8-15-3-1-12-21-15)18-13-4-6-14(7-5-13)19-11-2-10-17-19/h1-7,10-12H,8-9H2,(H,18,20). The molecule has 1 amide bonds. The molecule has 0 aliphatic heterocycles. The van der Waals surface area contributed by atoms with Crippen LogP contribution in [0.3, 0.4) is 0 Å². The molecule has 0 saturated carbocycles. The second-order valence-electron chi connectivity index (χ2n) is 4.63. The summed E-state index contributed by atoms with van der Waals surface area (Å²) in [5.41, 5.74) is 1.73. The van der Waals surface area contributed by atoms with Gasteiger partial charge in [0, 0.05) is 30.9 Å². The molecule has 5 heteroatoms. The first-order chi connectivity index (χ1) is 10.3. The molecule has 0 fully saturated rings. The van der Waals surface area contributed by atoms with Crippen LogP contribution in [0.5, 0.6) is 0 Å². The highest BCUT2D eigenvalue weighted by molar-refractivity contribution is 5.90. The van der Waals surface area contributed by atoms with Crippen molar-refractivity contribution in [3.8, 4) is 5.69 Å². The molecule has 21 heavy (non-hydrogen) atoms. The fourth-order valence-corrected chi connectivity index (χ4v) is 2.03. The number of hydrogen-bond donors (Lipinski definition) is 1. The van der Waals surface area contributed by atoms with Crippen molar-refractivity contribution in [3.05, 3.63) is 66.9 Å². The normalized spacial score (nSPS) is 10.5. The van der Waals surface area contributed by atoms with Crippen LogP contribution in [-0.4, -0.2) is 15.7 Å². The molecule has 2 aromatic heterocycles. The Labute approximate surface area is 122 Å². The SMILES string of the molecule is O=C(CCc1ccco1)Nc1ccc(-n2cccn2)cc1. The van der Waals surface area contributed by atoms with Crippen molar-refractivity contribution >= 4 is 11.6 Å². The molecule has 0 spiro atoms. The lowest BCUT2D eigenvalue weighted by Gasteiger charge is -2.06. The minimum Gasteiger partial charge on any atom is -0.469 e. The lowest BCUT2D eigenvalue weighted by atomic mass is 10.2. The van der Waals surface area contributed by atoms with Gasteiger partial charge in [-0.05, 0) is 42.5 Å². The van der Waals surface area contributed by atoms with Crippen LogP contribution >= 0.6 is 0 Å². The number of aromatic nitrogens is 2. The third-order valence-corrected chi connectivity index (χ3v) is 3.10. The van der Waals surface area contributed by atoms with Crippen molar-refractivity contribution in [3.63, 3.8) is 0 Å². The zero-order valence-corrected chi connectivity index (χ0v) is 11.4. The van der Waals surface area contributed by atoms with Gasteiger partial charge in [0.05, 0.1) is 12.0 Å². The largest absolute Gasteiger partial charge is 0.469 e. The topological polar surface area (TPSA) is 60.1 Å². The summed E-state index contributed by atoms with van der Waals surface area (Å²) in [5.74, 6) is 0.789. The molecule has 0 unspecified atom stereocenters. The maximum atomic E-state index is 11.9. The van der Waals surface area contributed by atoms with E-state index >= 15 is 0 Å². The monoisotopic (exact) mass is 281 g/mol. The van der Waals surface area contributed by atoms with Crippen molar-refractivity contribution in [1.29, 1.82) is 0 Å². The Morgan fingerprint density at radius 2 is 2.05 bits per heavy atom. The number of nitrogens with zero attached hydrogens (tertiary/aromatic N) is 2. The number of rotatable bonds is 5. The van der Waals surface area contributed by atoms with Crippen LogP contribution in [0, 0.1) is 0 Å². The van der Waals surface area contributed by atoms with Gasteiger partial charge in [-0.3, -0.25) is 4.79 Å². The number of carbonyl (C=O) groups excluding carboxylic acids is 1. The van der Waals surface area contributed by atoms with E-state index in [0.717, 1.165) is 17.1 Å². The molecule has 3 aromatic rings. The van der Waals surface area contributed by atoms with Gasteiger partial charge in [0.15, 0.2) is 0 Å².